The van der Waals surface area contributed by atoms with Gasteiger partial charge >= 0.3 is 0 Å². The predicted octanol–water partition coefficient (Wildman–Crippen LogP) is 2.50. The van der Waals surface area contributed by atoms with Crippen molar-refractivity contribution in [3.63, 3.8) is 0 Å². The van der Waals surface area contributed by atoms with Crippen LogP contribution in [0, 0.1) is 6.92 Å². The van der Waals surface area contributed by atoms with Gasteiger partial charge in [-0.15, -0.1) is 0 Å². The van der Waals surface area contributed by atoms with Gasteiger partial charge in [-0.2, -0.15) is 4.31 Å². The van der Waals surface area contributed by atoms with Crippen LogP contribution in [0.4, 0.5) is 0 Å². The number of hydrogen-bond acceptors (Lipinski definition) is 4. The number of benzene rings is 2. The van der Waals surface area contributed by atoms with E-state index in [0.29, 0.717) is 5.02 Å². The summed E-state index contributed by atoms with van der Waals surface area (Å²) in [7, 11) is -3.58. The van der Waals surface area contributed by atoms with E-state index in [9.17, 15) is 18.3 Å². The first-order valence-corrected chi connectivity index (χ1v) is 9.95. The highest BCUT2D eigenvalue weighted by molar-refractivity contribution is 7.89. The molecule has 1 saturated heterocycles. The lowest BCUT2D eigenvalue weighted by molar-refractivity contribution is 0.0695. The zero-order valence-corrected chi connectivity index (χ0v) is 15.8. The Bertz CT molecular complexity index is 921. The van der Waals surface area contributed by atoms with E-state index in [0.717, 1.165) is 5.56 Å². The Hall–Kier alpha value is -2.09. The molecule has 1 fully saturated rings. The lowest BCUT2D eigenvalue weighted by Crippen LogP contribution is -2.50. The highest BCUT2D eigenvalue weighted by Gasteiger charge is 2.31. The summed E-state index contributed by atoms with van der Waals surface area (Å²) in [6.45, 7) is 2.78. The van der Waals surface area contributed by atoms with E-state index < -0.39 is 10.0 Å². The summed E-state index contributed by atoms with van der Waals surface area (Å²) >= 11 is 5.89. The van der Waals surface area contributed by atoms with Crippen LogP contribution in [0.25, 0.3) is 0 Å². The molecule has 0 aliphatic carbocycles. The number of carbonyl (C=O) groups is 1. The van der Waals surface area contributed by atoms with Crippen molar-refractivity contribution in [1.29, 1.82) is 0 Å². The number of halogens is 1. The third-order valence-electron chi connectivity index (χ3n) is 4.37. The van der Waals surface area contributed by atoms with Crippen molar-refractivity contribution in [3.8, 4) is 5.75 Å². The molecule has 1 heterocycles. The molecule has 8 heteroatoms. The number of phenols is 1. The van der Waals surface area contributed by atoms with E-state index in [1.165, 1.54) is 27.4 Å². The van der Waals surface area contributed by atoms with Crippen molar-refractivity contribution < 1.29 is 18.3 Å². The highest BCUT2D eigenvalue weighted by Crippen LogP contribution is 2.24. The molecule has 3 rings (SSSR count). The van der Waals surface area contributed by atoms with Gasteiger partial charge in [-0.1, -0.05) is 29.3 Å². The Morgan fingerprint density at radius 1 is 1.04 bits per heavy atom. The van der Waals surface area contributed by atoms with Crippen molar-refractivity contribution in [2.75, 3.05) is 26.2 Å². The molecular formula is C18H19ClN2O4S. The van der Waals surface area contributed by atoms with Crippen LogP contribution in [0.1, 0.15) is 15.9 Å². The third kappa shape index (κ3) is 3.70. The fourth-order valence-corrected chi connectivity index (χ4v) is 4.44. The van der Waals surface area contributed by atoms with Gasteiger partial charge < -0.3 is 10.0 Å². The first-order chi connectivity index (χ1) is 12.3. The summed E-state index contributed by atoms with van der Waals surface area (Å²) in [5.74, 6) is -0.508. The lowest BCUT2D eigenvalue weighted by atomic mass is 10.1. The monoisotopic (exact) mass is 394 g/mol. The van der Waals surface area contributed by atoms with E-state index in [-0.39, 0.29) is 48.3 Å². The summed E-state index contributed by atoms with van der Waals surface area (Å²) in [4.78, 5) is 14.3. The van der Waals surface area contributed by atoms with Crippen molar-refractivity contribution in [3.05, 3.63) is 58.6 Å². The molecule has 138 valence electrons. The number of aryl methyl sites for hydroxylation is 1. The zero-order valence-electron chi connectivity index (χ0n) is 14.2. The predicted molar refractivity (Wildman–Crippen MR) is 99.0 cm³/mol. The van der Waals surface area contributed by atoms with Crippen LogP contribution in [-0.2, 0) is 10.0 Å². The topological polar surface area (TPSA) is 77.9 Å². The molecule has 0 aromatic heterocycles. The smallest absolute Gasteiger partial charge is 0.257 e. The third-order valence-corrected chi connectivity index (χ3v) is 6.52. The summed E-state index contributed by atoms with van der Waals surface area (Å²) in [6.07, 6.45) is 0. The van der Waals surface area contributed by atoms with Crippen molar-refractivity contribution in [2.45, 2.75) is 11.8 Å². The SMILES string of the molecule is Cc1ccc(S(=O)(=O)N2CCN(C(=O)c3cc(Cl)ccc3O)CC2)cc1. The van der Waals surface area contributed by atoms with Gasteiger partial charge in [0.1, 0.15) is 5.75 Å². The molecule has 0 unspecified atom stereocenters. The molecule has 6 nitrogen and oxygen atoms in total. The number of amides is 1. The Morgan fingerprint density at radius 3 is 2.27 bits per heavy atom. The molecule has 26 heavy (non-hydrogen) atoms. The van der Waals surface area contributed by atoms with Gasteiger partial charge in [-0.3, -0.25) is 4.79 Å². The number of piperazine rings is 1. The van der Waals surface area contributed by atoms with E-state index in [1.54, 1.807) is 24.3 Å². The van der Waals surface area contributed by atoms with Crippen LogP contribution in [-0.4, -0.2) is 54.8 Å². The van der Waals surface area contributed by atoms with Crippen molar-refractivity contribution >= 4 is 27.5 Å². The van der Waals surface area contributed by atoms with Crippen molar-refractivity contribution in [1.82, 2.24) is 9.21 Å². The largest absolute Gasteiger partial charge is 0.507 e. The maximum absolute atomic E-state index is 12.7. The van der Waals surface area contributed by atoms with Crippen LogP contribution in [0.2, 0.25) is 5.02 Å². The molecular weight excluding hydrogens is 376 g/mol. The second-order valence-electron chi connectivity index (χ2n) is 6.17. The molecule has 0 atom stereocenters. The van der Waals surface area contributed by atoms with Gasteiger partial charge in [0.2, 0.25) is 10.0 Å². The number of nitrogens with zero attached hydrogens (tertiary/aromatic N) is 2. The number of hydrogen-bond donors (Lipinski definition) is 1. The average molecular weight is 395 g/mol. The number of phenolic OH excluding ortho intramolecular Hbond substituents is 1. The van der Waals surface area contributed by atoms with Crippen LogP contribution in [0.3, 0.4) is 0 Å². The Balaban J connectivity index is 1.71. The average Bonchev–Trinajstić information content (AvgIpc) is 2.63. The molecule has 0 saturated carbocycles. The van der Waals surface area contributed by atoms with Crippen molar-refractivity contribution in [2.24, 2.45) is 0 Å². The Morgan fingerprint density at radius 2 is 1.65 bits per heavy atom. The van der Waals surface area contributed by atoms with Crippen LogP contribution >= 0.6 is 11.6 Å². The van der Waals surface area contributed by atoms with Crippen LogP contribution in [0.15, 0.2) is 47.4 Å². The zero-order chi connectivity index (χ0) is 18.9. The minimum Gasteiger partial charge on any atom is -0.507 e. The molecule has 0 radical (unpaired) electrons. The molecule has 2 aromatic rings. The number of sulfonamides is 1. The summed E-state index contributed by atoms with van der Waals surface area (Å²) in [5.41, 5.74) is 1.10. The van der Waals surface area contributed by atoms with E-state index in [1.807, 2.05) is 6.92 Å². The molecule has 2 aromatic carbocycles. The second-order valence-corrected chi connectivity index (χ2v) is 8.55. The lowest BCUT2D eigenvalue weighted by Gasteiger charge is -2.34. The molecule has 1 amide bonds. The van der Waals surface area contributed by atoms with Crippen LogP contribution < -0.4 is 0 Å². The molecule has 0 bridgehead atoms. The quantitative estimate of drug-likeness (QED) is 0.867. The number of rotatable bonds is 3. The summed E-state index contributed by atoms with van der Waals surface area (Å²) in [6, 6.07) is 11.0. The highest BCUT2D eigenvalue weighted by atomic mass is 35.5. The number of carbonyl (C=O) groups excluding carboxylic acids is 1. The minimum absolute atomic E-state index is 0.118. The number of aromatic hydroxyl groups is 1. The van der Waals surface area contributed by atoms with Gasteiger partial charge in [-0.25, -0.2) is 8.42 Å². The first-order valence-electron chi connectivity index (χ1n) is 8.13. The van der Waals surface area contributed by atoms with Gasteiger partial charge in [0.25, 0.3) is 5.91 Å². The van der Waals surface area contributed by atoms with Gasteiger partial charge in [-0.05, 0) is 37.3 Å². The molecule has 1 N–H and O–H groups in total. The summed E-state index contributed by atoms with van der Waals surface area (Å²) < 4.78 is 26.8. The minimum atomic E-state index is -3.58. The fourth-order valence-electron chi connectivity index (χ4n) is 2.84. The standard InChI is InChI=1S/C18H19ClN2O4S/c1-13-2-5-15(6-3-13)26(24,25)21-10-8-20(9-11-21)18(23)16-12-14(19)4-7-17(16)22/h2-7,12,22H,8-11H2,1H3. The fraction of sp³-hybridized carbons (Fsp3) is 0.278. The molecule has 0 spiro atoms. The maximum atomic E-state index is 12.7. The summed E-state index contributed by atoms with van der Waals surface area (Å²) in [5, 5.41) is 10.2. The Labute approximate surface area is 157 Å². The molecule has 1 aliphatic heterocycles. The van der Waals surface area contributed by atoms with Gasteiger partial charge in [0, 0.05) is 31.2 Å². The second kappa shape index (κ2) is 7.26. The first kappa shape index (κ1) is 18.7. The van der Waals surface area contributed by atoms with Gasteiger partial charge in [0.15, 0.2) is 0 Å². The van der Waals surface area contributed by atoms with E-state index >= 15 is 0 Å². The van der Waals surface area contributed by atoms with Crippen LogP contribution in [0.5, 0.6) is 5.75 Å². The van der Waals surface area contributed by atoms with E-state index in [2.05, 4.69) is 0 Å². The maximum Gasteiger partial charge on any atom is 0.257 e. The van der Waals surface area contributed by atoms with E-state index in [4.69, 9.17) is 11.6 Å². The Kier molecular flexibility index (Phi) is 5.22. The molecule has 1 aliphatic rings. The van der Waals surface area contributed by atoms with Gasteiger partial charge in [0.05, 0.1) is 10.5 Å². The normalized spacial score (nSPS) is 15.8.